The monoisotopic (exact) mass is 515 g/mol. The average molecular weight is 516 g/mol. The number of aromatic nitrogens is 1. The highest BCUT2D eigenvalue weighted by atomic mass is 19.4. The molecule has 0 bridgehead atoms. The standard InChI is InChI=1S/C27H25F4N3O3/c1-15(32)19-8-17(9-20(13-19)27(29,30)31)11-21(35)10-16-2-5-24(23(28)12-16)37-22-6-7-33-25(14-22)34-26(36)18-3-4-18/h2,5-9,12-15,18H,3-4,10-11,32H2,1H3,(H,33,34,36). The smallest absolute Gasteiger partial charge is 0.416 e. The maximum atomic E-state index is 14.7. The van der Waals surface area contributed by atoms with Crippen LogP contribution < -0.4 is 15.8 Å². The van der Waals surface area contributed by atoms with Crippen LogP contribution in [0.5, 0.6) is 11.5 Å². The van der Waals surface area contributed by atoms with E-state index < -0.39 is 23.6 Å². The van der Waals surface area contributed by atoms with Gasteiger partial charge in [0.25, 0.3) is 0 Å². The third-order valence-electron chi connectivity index (χ3n) is 5.83. The van der Waals surface area contributed by atoms with Crippen molar-refractivity contribution in [3.8, 4) is 11.5 Å². The summed E-state index contributed by atoms with van der Waals surface area (Å²) in [6, 6.07) is 9.74. The number of carbonyl (C=O) groups is 2. The van der Waals surface area contributed by atoms with Crippen molar-refractivity contribution in [1.82, 2.24) is 4.98 Å². The Bertz CT molecular complexity index is 1320. The van der Waals surface area contributed by atoms with E-state index in [2.05, 4.69) is 10.3 Å². The summed E-state index contributed by atoms with van der Waals surface area (Å²) in [5.74, 6) is -0.765. The van der Waals surface area contributed by atoms with Crippen LogP contribution in [0.3, 0.4) is 0 Å². The molecule has 194 valence electrons. The van der Waals surface area contributed by atoms with Gasteiger partial charge in [-0.2, -0.15) is 13.2 Å². The van der Waals surface area contributed by atoms with E-state index in [1.165, 1.54) is 36.5 Å². The first-order chi connectivity index (χ1) is 17.5. The van der Waals surface area contributed by atoms with Crippen molar-refractivity contribution in [2.75, 3.05) is 5.32 Å². The molecule has 1 amide bonds. The minimum Gasteiger partial charge on any atom is -0.454 e. The first kappa shape index (κ1) is 26.3. The number of hydrogen-bond donors (Lipinski definition) is 2. The summed E-state index contributed by atoms with van der Waals surface area (Å²) in [6.45, 7) is 1.56. The summed E-state index contributed by atoms with van der Waals surface area (Å²) in [6.07, 6.45) is -1.89. The lowest BCUT2D eigenvalue weighted by Gasteiger charge is -2.14. The zero-order valence-electron chi connectivity index (χ0n) is 19.9. The molecule has 1 saturated carbocycles. The zero-order chi connectivity index (χ0) is 26.7. The summed E-state index contributed by atoms with van der Waals surface area (Å²) in [5, 5.41) is 2.69. The molecule has 37 heavy (non-hydrogen) atoms. The highest BCUT2D eigenvalue weighted by Gasteiger charge is 2.32. The highest BCUT2D eigenvalue weighted by molar-refractivity contribution is 5.93. The van der Waals surface area contributed by atoms with Gasteiger partial charge in [-0.25, -0.2) is 9.37 Å². The summed E-state index contributed by atoms with van der Waals surface area (Å²) >= 11 is 0. The van der Waals surface area contributed by atoms with Crippen LogP contribution in [-0.2, 0) is 28.6 Å². The fourth-order valence-electron chi connectivity index (χ4n) is 3.75. The number of nitrogens with one attached hydrogen (secondary N) is 1. The molecular formula is C27H25F4N3O3. The number of ether oxygens (including phenoxy) is 1. The van der Waals surface area contributed by atoms with Crippen molar-refractivity contribution < 1.29 is 31.9 Å². The van der Waals surface area contributed by atoms with Gasteiger partial charge < -0.3 is 15.8 Å². The number of benzene rings is 2. The molecule has 1 atom stereocenters. The number of carbonyl (C=O) groups excluding carboxylic acids is 2. The Labute approximate surface area is 210 Å². The van der Waals surface area contributed by atoms with Gasteiger partial charge in [0.05, 0.1) is 5.56 Å². The van der Waals surface area contributed by atoms with E-state index >= 15 is 0 Å². The topological polar surface area (TPSA) is 94.3 Å². The Kier molecular flexibility index (Phi) is 7.58. The predicted molar refractivity (Wildman–Crippen MR) is 129 cm³/mol. The Hall–Kier alpha value is -3.79. The lowest BCUT2D eigenvalue weighted by molar-refractivity contribution is -0.137. The van der Waals surface area contributed by atoms with E-state index in [1.54, 1.807) is 6.92 Å². The maximum Gasteiger partial charge on any atom is 0.416 e. The molecule has 2 aromatic carbocycles. The molecule has 10 heteroatoms. The molecule has 4 rings (SSSR count). The zero-order valence-corrected chi connectivity index (χ0v) is 19.9. The van der Waals surface area contributed by atoms with Crippen molar-refractivity contribution in [2.24, 2.45) is 11.7 Å². The van der Waals surface area contributed by atoms with E-state index in [1.807, 2.05) is 0 Å². The van der Waals surface area contributed by atoms with Gasteiger partial charge in [-0.05, 0) is 66.8 Å². The molecule has 3 aromatic rings. The van der Waals surface area contributed by atoms with Crippen molar-refractivity contribution in [3.05, 3.63) is 82.8 Å². The lowest BCUT2D eigenvalue weighted by atomic mass is 9.96. The summed E-state index contributed by atoms with van der Waals surface area (Å²) < 4.78 is 60.0. The second-order valence-corrected chi connectivity index (χ2v) is 9.15. The minimum atomic E-state index is -4.57. The Morgan fingerprint density at radius 3 is 2.46 bits per heavy atom. The minimum absolute atomic E-state index is 0.000993. The number of rotatable bonds is 9. The van der Waals surface area contributed by atoms with Crippen LogP contribution >= 0.6 is 0 Å². The fraction of sp³-hybridized carbons (Fsp3) is 0.296. The van der Waals surface area contributed by atoms with Gasteiger partial charge in [-0.15, -0.1) is 0 Å². The Balaban J connectivity index is 1.41. The van der Waals surface area contributed by atoms with Gasteiger partial charge in [-0.3, -0.25) is 9.59 Å². The number of Topliss-reactive ketones (excluding diaryl/α,β-unsaturated/α-hetero) is 1. The second-order valence-electron chi connectivity index (χ2n) is 9.15. The van der Waals surface area contributed by atoms with Gasteiger partial charge in [0.1, 0.15) is 17.4 Å². The van der Waals surface area contributed by atoms with Crippen LogP contribution in [0.2, 0.25) is 0 Å². The third-order valence-corrected chi connectivity index (χ3v) is 5.83. The first-order valence-corrected chi connectivity index (χ1v) is 11.7. The molecule has 0 radical (unpaired) electrons. The number of amides is 1. The van der Waals surface area contributed by atoms with Gasteiger partial charge in [0, 0.05) is 37.1 Å². The second kappa shape index (κ2) is 10.7. The normalized spacial score (nSPS) is 14.2. The predicted octanol–water partition coefficient (Wildman–Crippen LogP) is 5.75. The molecular weight excluding hydrogens is 490 g/mol. The SMILES string of the molecule is CC(N)c1cc(CC(=O)Cc2ccc(Oc3ccnc(NC(=O)C4CC4)c3)c(F)c2)cc(C(F)(F)F)c1. The molecule has 0 spiro atoms. The van der Waals surface area contributed by atoms with E-state index in [0.29, 0.717) is 11.4 Å². The number of nitrogens with two attached hydrogens (primary N) is 1. The number of pyridine rings is 1. The van der Waals surface area contributed by atoms with Crippen LogP contribution in [0.15, 0.2) is 54.7 Å². The Morgan fingerprint density at radius 2 is 1.81 bits per heavy atom. The van der Waals surface area contributed by atoms with Crippen molar-refractivity contribution in [1.29, 1.82) is 0 Å². The molecule has 1 fully saturated rings. The van der Waals surface area contributed by atoms with Crippen molar-refractivity contribution in [2.45, 2.75) is 44.8 Å². The molecule has 3 N–H and O–H groups in total. The molecule has 1 aromatic heterocycles. The van der Waals surface area contributed by atoms with E-state index in [-0.39, 0.29) is 53.1 Å². The van der Waals surface area contributed by atoms with Crippen molar-refractivity contribution in [3.63, 3.8) is 0 Å². The van der Waals surface area contributed by atoms with Gasteiger partial charge in [0.2, 0.25) is 5.91 Å². The summed E-state index contributed by atoms with van der Waals surface area (Å²) in [4.78, 5) is 28.5. The van der Waals surface area contributed by atoms with Gasteiger partial charge >= 0.3 is 6.18 Å². The van der Waals surface area contributed by atoms with Crippen LogP contribution in [0.4, 0.5) is 23.4 Å². The van der Waals surface area contributed by atoms with Crippen LogP contribution in [0.1, 0.15) is 48.1 Å². The van der Waals surface area contributed by atoms with Crippen LogP contribution in [0, 0.1) is 11.7 Å². The molecule has 1 aliphatic carbocycles. The number of anilines is 1. The highest BCUT2D eigenvalue weighted by Crippen LogP contribution is 2.33. The van der Waals surface area contributed by atoms with Crippen LogP contribution in [-0.4, -0.2) is 16.7 Å². The number of alkyl halides is 3. The molecule has 0 saturated heterocycles. The number of ketones is 1. The van der Waals surface area contributed by atoms with E-state index in [9.17, 15) is 27.2 Å². The van der Waals surface area contributed by atoms with E-state index in [4.69, 9.17) is 10.5 Å². The quantitative estimate of drug-likeness (QED) is 0.354. The number of nitrogens with zero attached hydrogens (tertiary/aromatic N) is 1. The summed E-state index contributed by atoms with van der Waals surface area (Å²) in [7, 11) is 0. The number of hydrogen-bond acceptors (Lipinski definition) is 5. The summed E-state index contributed by atoms with van der Waals surface area (Å²) in [5.41, 5.74) is 5.69. The molecule has 1 unspecified atom stereocenters. The largest absolute Gasteiger partial charge is 0.454 e. The lowest BCUT2D eigenvalue weighted by Crippen LogP contribution is -2.14. The van der Waals surface area contributed by atoms with E-state index in [0.717, 1.165) is 31.0 Å². The maximum absolute atomic E-state index is 14.7. The molecule has 6 nitrogen and oxygen atoms in total. The Morgan fingerprint density at radius 1 is 1.08 bits per heavy atom. The average Bonchev–Trinajstić information content (AvgIpc) is 3.66. The molecule has 1 heterocycles. The van der Waals surface area contributed by atoms with Gasteiger partial charge in [0.15, 0.2) is 11.6 Å². The third kappa shape index (κ3) is 7.13. The number of halogens is 4. The van der Waals surface area contributed by atoms with Crippen molar-refractivity contribution >= 4 is 17.5 Å². The first-order valence-electron chi connectivity index (χ1n) is 11.7. The van der Waals surface area contributed by atoms with Crippen LogP contribution in [0.25, 0.3) is 0 Å². The fourth-order valence-corrected chi connectivity index (χ4v) is 3.75. The molecule has 0 aliphatic heterocycles. The van der Waals surface area contributed by atoms with Gasteiger partial charge in [-0.1, -0.05) is 12.1 Å². The molecule has 1 aliphatic rings.